The molecule has 2 heterocycles. The Morgan fingerprint density at radius 1 is 1.29 bits per heavy atom. The van der Waals surface area contributed by atoms with E-state index in [1.54, 1.807) is 0 Å². The minimum Gasteiger partial charge on any atom is -0.393 e. The monoisotopic (exact) mass is 330 g/mol. The summed E-state index contributed by atoms with van der Waals surface area (Å²) in [7, 11) is 0. The molecule has 0 amide bonds. The minimum atomic E-state index is -0.807. The molecule has 4 nitrogen and oxygen atoms in total. The van der Waals surface area contributed by atoms with Gasteiger partial charge in [0.1, 0.15) is 10.00 Å². The van der Waals surface area contributed by atoms with Gasteiger partial charge in [-0.2, -0.15) is 0 Å². The van der Waals surface area contributed by atoms with E-state index in [-0.39, 0.29) is 5.78 Å². The first kappa shape index (κ1) is 16.9. The van der Waals surface area contributed by atoms with Crippen LogP contribution in [0, 0.1) is 11.8 Å². The van der Waals surface area contributed by atoms with Crippen LogP contribution in [0.4, 0.5) is 0 Å². The van der Waals surface area contributed by atoms with Crippen molar-refractivity contribution in [3.63, 3.8) is 0 Å². The van der Waals surface area contributed by atoms with Crippen molar-refractivity contribution in [1.82, 2.24) is 0 Å². The van der Waals surface area contributed by atoms with Crippen molar-refractivity contribution >= 4 is 41.2 Å². The molecule has 2 rings (SSSR count). The summed E-state index contributed by atoms with van der Waals surface area (Å²) < 4.78 is 3.93. The Kier molecular flexibility index (Phi) is 5.77. The molecule has 0 aromatic rings. The Bertz CT molecular complexity index is 437. The van der Waals surface area contributed by atoms with Crippen molar-refractivity contribution in [3.05, 3.63) is 0 Å². The van der Waals surface area contributed by atoms with E-state index >= 15 is 0 Å². The van der Waals surface area contributed by atoms with Crippen molar-refractivity contribution in [2.75, 3.05) is 12.0 Å². The summed E-state index contributed by atoms with van der Waals surface area (Å²) in [6.07, 6.45) is 7.77. The Balaban J connectivity index is 1.99. The van der Waals surface area contributed by atoms with Crippen LogP contribution in [0.15, 0.2) is 0 Å². The van der Waals surface area contributed by atoms with Gasteiger partial charge in [0.25, 0.3) is 0 Å². The molecule has 0 spiro atoms. The molecular weight excluding hydrogens is 308 g/mol. The second-order valence-corrected chi connectivity index (χ2v) is 8.17. The van der Waals surface area contributed by atoms with Crippen LogP contribution in [-0.4, -0.2) is 33.8 Å². The number of carbonyl (C=O) groups excluding carboxylic acids is 3. The van der Waals surface area contributed by atoms with Gasteiger partial charge < -0.3 is 4.74 Å². The smallest absolute Gasteiger partial charge is 0.320 e. The van der Waals surface area contributed by atoms with Gasteiger partial charge >= 0.3 is 11.9 Å². The molecule has 0 aliphatic carbocycles. The lowest BCUT2D eigenvalue weighted by Crippen LogP contribution is -2.40. The zero-order valence-electron chi connectivity index (χ0n) is 12.6. The molecular formula is C15H22O4S2. The first-order valence-electron chi connectivity index (χ1n) is 7.54. The highest BCUT2D eigenvalue weighted by atomic mass is 32.2. The molecule has 0 bridgehead atoms. The maximum atomic E-state index is 12.7. The van der Waals surface area contributed by atoms with Gasteiger partial charge in [0, 0.05) is 12.2 Å². The lowest BCUT2D eigenvalue weighted by molar-refractivity contribution is -0.154. The number of cyclic esters (lactones) is 2. The van der Waals surface area contributed by atoms with Crippen LogP contribution in [0.2, 0.25) is 0 Å². The van der Waals surface area contributed by atoms with Crippen molar-refractivity contribution in [2.45, 2.75) is 49.5 Å². The number of hydrogen-bond donors (Lipinski definition) is 0. The third-order valence-electron chi connectivity index (χ3n) is 4.25. The third kappa shape index (κ3) is 3.16. The van der Waals surface area contributed by atoms with E-state index in [2.05, 4.69) is 6.92 Å². The molecule has 3 unspecified atom stereocenters. The van der Waals surface area contributed by atoms with Crippen LogP contribution in [0.5, 0.6) is 0 Å². The summed E-state index contributed by atoms with van der Waals surface area (Å²) in [6.45, 7) is 2.16. The zero-order chi connectivity index (χ0) is 15.5. The van der Waals surface area contributed by atoms with E-state index < -0.39 is 27.9 Å². The number of carbonyl (C=O) groups is 3. The lowest BCUT2D eigenvalue weighted by atomic mass is 9.89. The average Bonchev–Trinajstić information content (AvgIpc) is 2.99. The predicted molar refractivity (Wildman–Crippen MR) is 85.2 cm³/mol. The predicted octanol–water partition coefficient (Wildman–Crippen LogP) is 3.04. The minimum absolute atomic E-state index is 0.0932. The first-order valence-corrected chi connectivity index (χ1v) is 9.75. The summed E-state index contributed by atoms with van der Waals surface area (Å²) >= 11 is 2.86. The Morgan fingerprint density at radius 3 is 2.67 bits per heavy atom. The fourth-order valence-corrected chi connectivity index (χ4v) is 6.02. The molecule has 0 aromatic heterocycles. The fraction of sp³-hybridized carbons (Fsp3) is 0.800. The van der Waals surface area contributed by atoms with Gasteiger partial charge in [-0.3, -0.25) is 14.4 Å². The number of esters is 2. The van der Waals surface area contributed by atoms with Crippen LogP contribution < -0.4 is 0 Å². The second-order valence-electron chi connectivity index (χ2n) is 5.59. The Morgan fingerprint density at radius 2 is 2.00 bits per heavy atom. The van der Waals surface area contributed by atoms with Crippen LogP contribution in [0.1, 0.15) is 45.4 Å². The van der Waals surface area contributed by atoms with Gasteiger partial charge in [-0.15, -0.1) is 23.5 Å². The van der Waals surface area contributed by atoms with Crippen LogP contribution in [0.3, 0.4) is 0 Å². The molecule has 0 radical (unpaired) electrons. The number of hydrogen-bond acceptors (Lipinski definition) is 6. The molecule has 2 fully saturated rings. The molecule has 2 aliphatic heterocycles. The van der Waals surface area contributed by atoms with Crippen molar-refractivity contribution in [1.29, 1.82) is 0 Å². The maximum absolute atomic E-state index is 12.7. The largest absolute Gasteiger partial charge is 0.393 e. The van der Waals surface area contributed by atoms with Crippen LogP contribution in [0.25, 0.3) is 0 Å². The molecule has 21 heavy (non-hydrogen) atoms. The van der Waals surface area contributed by atoms with E-state index in [1.165, 1.54) is 36.4 Å². The summed E-state index contributed by atoms with van der Waals surface area (Å²) in [5, 5.41) is 0. The SMILES string of the molecule is CCCCCCCC(=O)C1(SC)SCC2C(=O)OC(=O)C21. The van der Waals surface area contributed by atoms with Gasteiger partial charge in [0.15, 0.2) is 5.78 Å². The van der Waals surface area contributed by atoms with Crippen LogP contribution >= 0.6 is 23.5 Å². The second kappa shape index (κ2) is 7.18. The number of ether oxygens (including phenoxy) is 1. The number of ketones is 1. The summed E-state index contributed by atoms with van der Waals surface area (Å²) in [6, 6.07) is 0. The van der Waals surface area contributed by atoms with Crippen LogP contribution in [-0.2, 0) is 19.1 Å². The van der Waals surface area contributed by atoms with Gasteiger partial charge in [0.05, 0.1) is 5.92 Å². The number of rotatable bonds is 8. The van der Waals surface area contributed by atoms with E-state index in [1.807, 2.05) is 6.26 Å². The van der Waals surface area contributed by atoms with Gasteiger partial charge in [-0.1, -0.05) is 32.6 Å². The first-order chi connectivity index (χ1) is 10.1. The fourth-order valence-electron chi connectivity index (χ4n) is 3.04. The molecule has 0 saturated carbocycles. The highest BCUT2D eigenvalue weighted by molar-refractivity contribution is 8.19. The molecule has 0 N–H and O–H groups in total. The average molecular weight is 330 g/mol. The molecule has 3 atom stereocenters. The van der Waals surface area contributed by atoms with Crippen molar-refractivity contribution in [2.24, 2.45) is 11.8 Å². The standard InChI is InChI=1S/C15H22O4S2/c1-3-4-5-6-7-8-11(16)15(20-2)12-10(9-21-15)13(17)19-14(12)18/h10,12H,3-9H2,1-2H3. The van der Waals surface area contributed by atoms with Gasteiger partial charge in [-0.05, 0) is 12.7 Å². The topological polar surface area (TPSA) is 60.4 Å². The van der Waals surface area contributed by atoms with Crippen molar-refractivity contribution in [3.8, 4) is 0 Å². The molecule has 118 valence electrons. The summed E-state index contributed by atoms with van der Waals surface area (Å²) in [4.78, 5) is 36.3. The zero-order valence-corrected chi connectivity index (χ0v) is 14.2. The summed E-state index contributed by atoms with van der Waals surface area (Å²) in [5.41, 5.74) is 0. The molecule has 2 saturated heterocycles. The Labute approximate surface area is 134 Å². The molecule has 0 aromatic carbocycles. The van der Waals surface area contributed by atoms with E-state index in [9.17, 15) is 14.4 Å². The number of Topliss-reactive ketones (excluding diaryl/α,β-unsaturated/α-hetero) is 1. The number of fused-ring (bicyclic) bond motifs is 1. The van der Waals surface area contributed by atoms with E-state index in [0.29, 0.717) is 12.2 Å². The van der Waals surface area contributed by atoms with E-state index in [0.717, 1.165) is 19.3 Å². The quantitative estimate of drug-likeness (QED) is 0.387. The van der Waals surface area contributed by atoms with Crippen molar-refractivity contribution < 1.29 is 19.1 Å². The molecule has 6 heteroatoms. The number of thioether (sulfide) groups is 2. The van der Waals surface area contributed by atoms with Gasteiger partial charge in [-0.25, -0.2) is 0 Å². The highest BCUT2D eigenvalue weighted by Crippen LogP contribution is 2.56. The summed E-state index contributed by atoms with van der Waals surface area (Å²) in [5.74, 6) is -1.38. The van der Waals surface area contributed by atoms with E-state index in [4.69, 9.17) is 4.74 Å². The highest BCUT2D eigenvalue weighted by Gasteiger charge is 2.63. The molecule has 2 aliphatic rings. The third-order valence-corrected chi connectivity index (χ3v) is 7.62. The van der Waals surface area contributed by atoms with Gasteiger partial charge in [0.2, 0.25) is 0 Å². The number of unbranched alkanes of at least 4 members (excludes halogenated alkanes) is 4. The normalized spacial score (nSPS) is 31.3. The lowest BCUT2D eigenvalue weighted by Gasteiger charge is -2.28. The Hall–Kier alpha value is -0.490. The maximum Gasteiger partial charge on any atom is 0.320 e.